The Morgan fingerprint density at radius 2 is 2.11 bits per heavy atom. The molecule has 0 aliphatic heterocycles. The minimum Gasteiger partial charge on any atom is -0.300 e. The molecule has 0 unspecified atom stereocenters. The first-order chi connectivity index (χ1) is 8.30. The highest BCUT2D eigenvalue weighted by atomic mass is 35.5. The molecule has 1 aromatic rings. The van der Waals surface area contributed by atoms with Gasteiger partial charge in [-0.25, -0.2) is 4.98 Å². The van der Waals surface area contributed by atoms with Gasteiger partial charge in [-0.05, 0) is 25.5 Å². The molecule has 0 fully saturated rings. The maximum Gasteiger partial charge on any atom is 0.433 e. The summed E-state index contributed by atoms with van der Waals surface area (Å²) in [5, 5.41) is -0.205. The van der Waals surface area contributed by atoms with Crippen LogP contribution in [-0.2, 0) is 11.0 Å². The lowest BCUT2D eigenvalue weighted by Crippen LogP contribution is -2.07. The molecule has 0 amide bonds. The van der Waals surface area contributed by atoms with Crippen LogP contribution in [0.3, 0.4) is 0 Å². The number of hydrogen-bond acceptors (Lipinski definition) is 2. The van der Waals surface area contributed by atoms with E-state index in [1.807, 2.05) is 0 Å². The lowest BCUT2D eigenvalue weighted by atomic mass is 10.2. The standard InChI is InChI=1S/C12H11ClF3NO/c1-8(18)4-2-3-5-9-6-7-10(12(14,15)16)17-11(9)13/h3,5-7H,2,4H2,1H3/b5-3+. The van der Waals surface area contributed by atoms with Gasteiger partial charge in [-0.2, -0.15) is 13.2 Å². The zero-order valence-electron chi connectivity index (χ0n) is 9.59. The molecule has 0 aromatic carbocycles. The number of carbonyl (C=O) groups is 1. The topological polar surface area (TPSA) is 30.0 Å². The summed E-state index contributed by atoms with van der Waals surface area (Å²) in [7, 11) is 0. The van der Waals surface area contributed by atoms with Gasteiger partial charge in [0.1, 0.15) is 16.6 Å². The number of hydrogen-bond donors (Lipinski definition) is 0. The highest BCUT2D eigenvalue weighted by Crippen LogP contribution is 2.29. The van der Waals surface area contributed by atoms with Crippen molar-refractivity contribution in [2.45, 2.75) is 25.9 Å². The van der Waals surface area contributed by atoms with Gasteiger partial charge >= 0.3 is 6.18 Å². The lowest BCUT2D eigenvalue weighted by molar-refractivity contribution is -0.141. The maximum atomic E-state index is 12.3. The second-order valence-electron chi connectivity index (χ2n) is 3.72. The SMILES string of the molecule is CC(=O)CC/C=C/c1ccc(C(F)(F)F)nc1Cl. The van der Waals surface area contributed by atoms with Crippen LogP contribution in [0.5, 0.6) is 0 Å². The predicted octanol–water partition coefficient (Wildman–Crippen LogP) is 4.14. The molecule has 1 aromatic heterocycles. The quantitative estimate of drug-likeness (QED) is 0.774. The van der Waals surface area contributed by atoms with Crippen molar-refractivity contribution in [2.75, 3.05) is 0 Å². The fourth-order valence-corrected chi connectivity index (χ4v) is 1.44. The summed E-state index contributed by atoms with van der Waals surface area (Å²) in [6, 6.07) is 2.12. The largest absolute Gasteiger partial charge is 0.433 e. The Kier molecular flexibility index (Phi) is 4.90. The van der Waals surface area contributed by atoms with Crippen LogP contribution in [0.25, 0.3) is 6.08 Å². The van der Waals surface area contributed by atoms with E-state index < -0.39 is 11.9 Å². The number of allylic oxidation sites excluding steroid dienone is 1. The van der Waals surface area contributed by atoms with Crippen molar-refractivity contribution in [2.24, 2.45) is 0 Å². The van der Waals surface area contributed by atoms with Crippen molar-refractivity contribution in [3.8, 4) is 0 Å². The molecule has 2 nitrogen and oxygen atoms in total. The Balaban J connectivity index is 2.77. The van der Waals surface area contributed by atoms with Gasteiger partial charge in [0.05, 0.1) is 0 Å². The third kappa shape index (κ3) is 4.49. The second kappa shape index (κ2) is 6.00. The van der Waals surface area contributed by atoms with E-state index >= 15 is 0 Å². The Labute approximate surface area is 107 Å². The van der Waals surface area contributed by atoms with E-state index in [9.17, 15) is 18.0 Å². The molecule has 1 heterocycles. The average Bonchev–Trinajstić information content (AvgIpc) is 2.24. The number of rotatable bonds is 4. The Morgan fingerprint density at radius 1 is 1.44 bits per heavy atom. The predicted molar refractivity (Wildman–Crippen MR) is 63.2 cm³/mol. The van der Waals surface area contributed by atoms with Crippen LogP contribution in [-0.4, -0.2) is 10.8 Å². The summed E-state index contributed by atoms with van der Waals surface area (Å²) < 4.78 is 37.0. The second-order valence-corrected chi connectivity index (χ2v) is 4.08. The summed E-state index contributed by atoms with van der Waals surface area (Å²) >= 11 is 5.65. The highest BCUT2D eigenvalue weighted by Gasteiger charge is 2.32. The van der Waals surface area contributed by atoms with E-state index in [0.29, 0.717) is 18.4 Å². The highest BCUT2D eigenvalue weighted by molar-refractivity contribution is 6.30. The molecule has 0 radical (unpaired) electrons. The molecule has 1 rings (SSSR count). The third-order valence-corrected chi connectivity index (χ3v) is 2.43. The summed E-state index contributed by atoms with van der Waals surface area (Å²) in [6.07, 6.45) is -0.356. The first-order valence-corrected chi connectivity index (χ1v) is 5.58. The normalized spacial score (nSPS) is 12.1. The smallest absolute Gasteiger partial charge is 0.300 e. The van der Waals surface area contributed by atoms with Crippen LogP contribution in [0.2, 0.25) is 5.15 Å². The van der Waals surface area contributed by atoms with E-state index in [-0.39, 0.29) is 10.9 Å². The van der Waals surface area contributed by atoms with Gasteiger partial charge in [0, 0.05) is 12.0 Å². The van der Waals surface area contributed by atoms with Gasteiger partial charge in [-0.1, -0.05) is 23.8 Å². The average molecular weight is 278 g/mol. The number of alkyl halides is 3. The number of halogens is 4. The summed E-state index contributed by atoms with van der Waals surface area (Å²) in [4.78, 5) is 14.0. The van der Waals surface area contributed by atoms with Crippen molar-refractivity contribution >= 4 is 23.5 Å². The van der Waals surface area contributed by atoms with Gasteiger partial charge < -0.3 is 4.79 Å². The van der Waals surface area contributed by atoms with Crippen molar-refractivity contribution in [1.29, 1.82) is 0 Å². The molecule has 0 spiro atoms. The zero-order valence-corrected chi connectivity index (χ0v) is 10.3. The van der Waals surface area contributed by atoms with Crippen LogP contribution in [0.1, 0.15) is 31.0 Å². The molecule has 0 N–H and O–H groups in total. The molecule has 0 aliphatic carbocycles. The molecular weight excluding hydrogens is 267 g/mol. The molecule has 18 heavy (non-hydrogen) atoms. The summed E-state index contributed by atoms with van der Waals surface area (Å²) in [5.41, 5.74) is -0.624. The zero-order chi connectivity index (χ0) is 13.8. The van der Waals surface area contributed by atoms with E-state index in [2.05, 4.69) is 4.98 Å². The number of Topliss-reactive ketones (excluding diaryl/α,β-unsaturated/α-hetero) is 1. The number of ketones is 1. The number of pyridine rings is 1. The molecule has 6 heteroatoms. The molecule has 0 atom stereocenters. The van der Waals surface area contributed by atoms with Crippen molar-refractivity contribution in [3.63, 3.8) is 0 Å². The van der Waals surface area contributed by atoms with Gasteiger partial charge in [0.15, 0.2) is 0 Å². The number of carbonyl (C=O) groups excluding carboxylic acids is 1. The summed E-state index contributed by atoms with van der Waals surface area (Å²) in [5.74, 6) is 0.0521. The lowest BCUT2D eigenvalue weighted by Gasteiger charge is -2.06. The maximum absolute atomic E-state index is 12.3. The van der Waals surface area contributed by atoms with Gasteiger partial charge in [0.2, 0.25) is 0 Å². The Hall–Kier alpha value is -1.36. The molecular formula is C12H11ClF3NO. The minimum atomic E-state index is -4.50. The van der Waals surface area contributed by atoms with Crippen molar-refractivity contribution in [3.05, 3.63) is 34.6 Å². The van der Waals surface area contributed by atoms with E-state index in [1.165, 1.54) is 13.0 Å². The monoisotopic (exact) mass is 277 g/mol. The van der Waals surface area contributed by atoms with Crippen LogP contribution in [0.15, 0.2) is 18.2 Å². The number of aromatic nitrogens is 1. The fourth-order valence-electron chi connectivity index (χ4n) is 1.22. The van der Waals surface area contributed by atoms with Crippen molar-refractivity contribution in [1.82, 2.24) is 4.98 Å². The first kappa shape index (κ1) is 14.7. The van der Waals surface area contributed by atoms with Crippen molar-refractivity contribution < 1.29 is 18.0 Å². The van der Waals surface area contributed by atoms with Crippen LogP contribution in [0, 0.1) is 0 Å². The van der Waals surface area contributed by atoms with E-state index in [1.54, 1.807) is 12.2 Å². The van der Waals surface area contributed by atoms with E-state index in [4.69, 9.17) is 11.6 Å². The Morgan fingerprint density at radius 3 is 2.61 bits per heavy atom. The van der Waals surface area contributed by atoms with Gasteiger partial charge in [-0.3, -0.25) is 0 Å². The fraction of sp³-hybridized carbons (Fsp3) is 0.333. The van der Waals surface area contributed by atoms with Crippen LogP contribution < -0.4 is 0 Å². The first-order valence-electron chi connectivity index (χ1n) is 5.20. The molecule has 0 saturated heterocycles. The number of nitrogens with zero attached hydrogens (tertiary/aromatic N) is 1. The molecule has 0 saturated carbocycles. The minimum absolute atomic E-state index is 0.0521. The third-order valence-electron chi connectivity index (χ3n) is 2.13. The van der Waals surface area contributed by atoms with E-state index in [0.717, 1.165) is 6.07 Å². The van der Waals surface area contributed by atoms with Crippen LogP contribution >= 0.6 is 11.6 Å². The molecule has 0 bridgehead atoms. The van der Waals surface area contributed by atoms with Crippen LogP contribution in [0.4, 0.5) is 13.2 Å². The summed E-state index contributed by atoms with van der Waals surface area (Å²) in [6.45, 7) is 1.47. The Bertz CT molecular complexity index is 469. The van der Waals surface area contributed by atoms with Gasteiger partial charge in [-0.15, -0.1) is 0 Å². The molecule has 98 valence electrons. The molecule has 0 aliphatic rings. The van der Waals surface area contributed by atoms with Gasteiger partial charge in [0.25, 0.3) is 0 Å².